The van der Waals surface area contributed by atoms with Gasteiger partial charge in [-0.15, -0.1) is 11.8 Å². The number of hydrogen-bond acceptors (Lipinski definition) is 4. The van der Waals surface area contributed by atoms with Gasteiger partial charge in [-0.25, -0.2) is 0 Å². The molecule has 0 aromatic rings. The smallest absolute Gasteiger partial charge is 0.318 e. The quantitative estimate of drug-likeness (QED) is 0.487. The topological polar surface area (TPSA) is 35.5 Å². The number of fused-ring (bicyclic) bond motifs is 2. The van der Waals surface area contributed by atoms with Crippen molar-refractivity contribution in [2.75, 3.05) is 18.1 Å². The van der Waals surface area contributed by atoms with Crippen molar-refractivity contribution < 1.29 is 14.3 Å². The lowest BCUT2D eigenvalue weighted by atomic mass is 9.58. The minimum atomic E-state index is -0.287. The molecule has 3 fully saturated rings. The summed E-state index contributed by atoms with van der Waals surface area (Å²) in [6.45, 7) is 0.730. The van der Waals surface area contributed by atoms with Crippen LogP contribution >= 0.6 is 11.8 Å². The van der Waals surface area contributed by atoms with Gasteiger partial charge in [-0.2, -0.15) is 0 Å². The molecule has 6 unspecified atom stereocenters. The minimum Gasteiger partial charge on any atom is -0.435 e. The van der Waals surface area contributed by atoms with Gasteiger partial charge in [-0.05, 0) is 80.3 Å². The molecule has 3 nitrogen and oxygen atoms in total. The van der Waals surface area contributed by atoms with Crippen LogP contribution in [0.15, 0.2) is 12.2 Å². The maximum atomic E-state index is 12.1. The van der Waals surface area contributed by atoms with Crippen molar-refractivity contribution in [1.29, 1.82) is 0 Å². The van der Waals surface area contributed by atoms with Gasteiger partial charge < -0.3 is 9.47 Å². The van der Waals surface area contributed by atoms with Crippen molar-refractivity contribution in [3.05, 3.63) is 12.2 Å². The molecule has 0 amide bonds. The van der Waals surface area contributed by atoms with E-state index >= 15 is 0 Å². The van der Waals surface area contributed by atoms with Crippen molar-refractivity contribution in [2.24, 2.45) is 29.6 Å². The molecule has 0 N–H and O–H groups in total. The van der Waals surface area contributed by atoms with E-state index in [1.165, 1.54) is 44.9 Å². The van der Waals surface area contributed by atoms with Crippen LogP contribution in [0.2, 0.25) is 0 Å². The highest BCUT2D eigenvalue weighted by molar-refractivity contribution is 7.99. The molecule has 0 aromatic carbocycles. The zero-order valence-electron chi connectivity index (χ0n) is 15.9. The van der Waals surface area contributed by atoms with Gasteiger partial charge in [0.25, 0.3) is 0 Å². The summed E-state index contributed by atoms with van der Waals surface area (Å²) >= 11 is 1.80. The van der Waals surface area contributed by atoms with Crippen LogP contribution in [-0.2, 0) is 14.3 Å². The van der Waals surface area contributed by atoms with Crippen molar-refractivity contribution in [3.8, 4) is 0 Å². The van der Waals surface area contributed by atoms with E-state index in [4.69, 9.17) is 9.47 Å². The Bertz CT molecular complexity index is 500. The van der Waals surface area contributed by atoms with Gasteiger partial charge in [0.15, 0.2) is 0 Å². The summed E-state index contributed by atoms with van der Waals surface area (Å²) < 4.78 is 11.0. The number of rotatable bonds is 5. The summed E-state index contributed by atoms with van der Waals surface area (Å²) in [5.74, 6) is 6.09. The number of allylic oxidation sites excluding steroid dienone is 2. The molecule has 4 rings (SSSR count). The Morgan fingerprint density at radius 1 is 1.00 bits per heavy atom. The summed E-state index contributed by atoms with van der Waals surface area (Å²) in [4.78, 5) is 12.1. The molecule has 1 heterocycles. The Morgan fingerprint density at radius 3 is 2.65 bits per heavy atom. The van der Waals surface area contributed by atoms with Crippen LogP contribution in [0, 0.1) is 29.6 Å². The van der Waals surface area contributed by atoms with Gasteiger partial charge in [0, 0.05) is 6.42 Å². The molecule has 1 aliphatic heterocycles. The lowest BCUT2D eigenvalue weighted by molar-refractivity contribution is -0.183. The van der Waals surface area contributed by atoms with Gasteiger partial charge >= 0.3 is 5.97 Å². The molecule has 0 radical (unpaired) electrons. The number of ether oxygens (including phenoxy) is 2. The third-order valence-corrected chi connectivity index (χ3v) is 8.31. The second-order valence-electron chi connectivity index (χ2n) is 8.85. The maximum absolute atomic E-state index is 12.1. The number of thioether (sulfide) groups is 1. The van der Waals surface area contributed by atoms with Gasteiger partial charge in [0.1, 0.15) is 0 Å². The lowest BCUT2D eigenvalue weighted by Crippen LogP contribution is -2.39. The molecule has 4 aliphatic rings. The standard InChI is InChI=1S/C22H34O3S/c23-21(25-22-10-3-4-11-24-22)15-26-14-19-9-5-8-18-12-16-6-1-2-7-17(16)13-20(18)19/h1-2,16-20,22H,3-15H2. The van der Waals surface area contributed by atoms with E-state index < -0.39 is 0 Å². The Labute approximate surface area is 162 Å². The monoisotopic (exact) mass is 378 g/mol. The van der Waals surface area contributed by atoms with Crippen molar-refractivity contribution in [1.82, 2.24) is 0 Å². The number of esters is 1. The van der Waals surface area contributed by atoms with Crippen LogP contribution in [0.1, 0.15) is 64.2 Å². The average Bonchev–Trinajstić information content (AvgIpc) is 2.67. The molecule has 1 saturated heterocycles. The second kappa shape index (κ2) is 9.14. The third-order valence-electron chi connectivity index (χ3n) is 7.20. The Kier molecular flexibility index (Phi) is 6.63. The Hall–Kier alpha value is -0.480. The van der Waals surface area contributed by atoms with E-state index in [9.17, 15) is 4.79 Å². The molecular weight excluding hydrogens is 344 g/mol. The lowest BCUT2D eigenvalue weighted by Gasteiger charge is -2.48. The maximum Gasteiger partial charge on any atom is 0.318 e. The highest BCUT2D eigenvalue weighted by atomic mass is 32.2. The Balaban J connectivity index is 1.22. The second-order valence-corrected chi connectivity index (χ2v) is 9.88. The highest BCUT2D eigenvalue weighted by Crippen LogP contribution is 2.51. The van der Waals surface area contributed by atoms with E-state index in [1.807, 2.05) is 0 Å². The molecule has 0 aromatic heterocycles. The largest absolute Gasteiger partial charge is 0.435 e. The van der Waals surface area contributed by atoms with Gasteiger partial charge in [0.05, 0.1) is 12.4 Å². The first-order valence-corrected chi connectivity index (χ1v) is 12.0. The highest BCUT2D eigenvalue weighted by Gasteiger charge is 2.41. The zero-order valence-corrected chi connectivity index (χ0v) is 16.8. The van der Waals surface area contributed by atoms with Gasteiger partial charge in [0.2, 0.25) is 6.29 Å². The number of carbonyl (C=O) groups excluding carboxylic acids is 1. The summed E-state index contributed by atoms with van der Waals surface area (Å²) in [5.41, 5.74) is 0. The van der Waals surface area contributed by atoms with E-state index in [0.717, 1.165) is 61.2 Å². The van der Waals surface area contributed by atoms with Crippen LogP contribution < -0.4 is 0 Å². The molecular formula is C22H34O3S. The molecule has 4 heteroatoms. The van der Waals surface area contributed by atoms with E-state index in [2.05, 4.69) is 12.2 Å². The average molecular weight is 379 g/mol. The normalized spacial score (nSPS) is 39.7. The summed E-state index contributed by atoms with van der Waals surface area (Å²) in [6.07, 6.45) is 17.3. The van der Waals surface area contributed by atoms with Crippen LogP contribution in [0.3, 0.4) is 0 Å². The summed E-state index contributed by atoms with van der Waals surface area (Å²) in [6, 6.07) is 0. The van der Waals surface area contributed by atoms with Crippen LogP contribution in [0.25, 0.3) is 0 Å². The number of hydrogen-bond donors (Lipinski definition) is 0. The first-order valence-electron chi connectivity index (χ1n) is 10.8. The van der Waals surface area contributed by atoms with Crippen LogP contribution in [0.5, 0.6) is 0 Å². The molecule has 0 spiro atoms. The SMILES string of the molecule is O=C(CSCC1CCCC2CC3CC=CCC3CC12)OC1CCCCO1. The number of carbonyl (C=O) groups is 1. The molecule has 2 saturated carbocycles. The van der Waals surface area contributed by atoms with Gasteiger partial charge in [-0.3, -0.25) is 4.79 Å². The molecule has 3 aliphatic carbocycles. The fourth-order valence-corrected chi connectivity index (χ4v) is 6.93. The van der Waals surface area contributed by atoms with Crippen LogP contribution in [0.4, 0.5) is 0 Å². The van der Waals surface area contributed by atoms with Crippen molar-refractivity contribution in [3.63, 3.8) is 0 Å². The van der Waals surface area contributed by atoms with Crippen molar-refractivity contribution in [2.45, 2.75) is 70.5 Å². The minimum absolute atomic E-state index is 0.0876. The molecule has 146 valence electrons. The fourth-order valence-electron chi connectivity index (χ4n) is 5.86. The summed E-state index contributed by atoms with van der Waals surface area (Å²) in [5, 5.41) is 0. The van der Waals surface area contributed by atoms with Crippen LogP contribution in [-0.4, -0.2) is 30.4 Å². The molecule has 26 heavy (non-hydrogen) atoms. The predicted molar refractivity (Wildman–Crippen MR) is 106 cm³/mol. The van der Waals surface area contributed by atoms with E-state index in [1.54, 1.807) is 11.8 Å². The zero-order chi connectivity index (χ0) is 17.8. The third kappa shape index (κ3) is 4.67. The summed E-state index contributed by atoms with van der Waals surface area (Å²) in [7, 11) is 0. The Morgan fingerprint density at radius 2 is 1.85 bits per heavy atom. The molecule has 6 atom stereocenters. The first-order chi connectivity index (χ1) is 12.8. The molecule has 0 bridgehead atoms. The fraction of sp³-hybridized carbons (Fsp3) is 0.864. The predicted octanol–water partition coefficient (Wildman–Crippen LogP) is 5.20. The van der Waals surface area contributed by atoms with E-state index in [-0.39, 0.29) is 12.3 Å². The van der Waals surface area contributed by atoms with Crippen molar-refractivity contribution >= 4 is 17.7 Å². The van der Waals surface area contributed by atoms with Gasteiger partial charge in [-0.1, -0.05) is 25.0 Å². The first kappa shape index (κ1) is 18.9. The van der Waals surface area contributed by atoms with E-state index in [0.29, 0.717) is 5.75 Å².